The Hall–Kier alpha value is -2.34. The van der Waals surface area contributed by atoms with Crippen LogP contribution in [0.25, 0.3) is 0 Å². The Morgan fingerprint density at radius 2 is 2.00 bits per heavy atom. The summed E-state index contributed by atoms with van der Waals surface area (Å²) in [5, 5.41) is 13.2. The third kappa shape index (κ3) is 3.39. The average Bonchev–Trinajstić information content (AvgIpc) is 2.90. The molecule has 1 saturated heterocycles. The summed E-state index contributed by atoms with van der Waals surface area (Å²) in [6.45, 7) is 3.75. The molecule has 132 valence electrons. The first-order chi connectivity index (χ1) is 12.3. The van der Waals surface area contributed by atoms with E-state index in [9.17, 15) is 5.11 Å². The van der Waals surface area contributed by atoms with E-state index in [1.165, 1.54) is 17.7 Å². The number of aliphatic hydroxyl groups is 1. The molecule has 0 bridgehead atoms. The molecule has 6 nitrogen and oxygen atoms in total. The SMILES string of the molecule is OCC1CCCCN1c1cc(N2CCNc3ccccc3C2)ncn1. The molecule has 1 aromatic carbocycles. The van der Waals surface area contributed by atoms with Crippen LogP contribution in [0.5, 0.6) is 0 Å². The molecule has 1 aromatic heterocycles. The van der Waals surface area contributed by atoms with E-state index in [4.69, 9.17) is 0 Å². The number of benzene rings is 1. The van der Waals surface area contributed by atoms with Gasteiger partial charge in [0.05, 0.1) is 12.6 Å². The molecule has 1 atom stereocenters. The van der Waals surface area contributed by atoms with Crippen LogP contribution in [0, 0.1) is 0 Å². The lowest BCUT2D eigenvalue weighted by Crippen LogP contribution is -2.42. The Labute approximate surface area is 148 Å². The minimum absolute atomic E-state index is 0.169. The number of hydrogen-bond acceptors (Lipinski definition) is 6. The summed E-state index contributed by atoms with van der Waals surface area (Å²) in [6.07, 6.45) is 5.00. The maximum absolute atomic E-state index is 9.68. The lowest BCUT2D eigenvalue weighted by Gasteiger charge is -2.36. The Bertz CT molecular complexity index is 722. The van der Waals surface area contributed by atoms with Gasteiger partial charge in [-0.3, -0.25) is 0 Å². The minimum atomic E-state index is 0.169. The van der Waals surface area contributed by atoms with Gasteiger partial charge in [0.2, 0.25) is 0 Å². The molecule has 6 heteroatoms. The molecule has 2 aliphatic rings. The van der Waals surface area contributed by atoms with Gasteiger partial charge in [-0.1, -0.05) is 18.2 Å². The summed E-state index contributed by atoms with van der Waals surface area (Å²) in [7, 11) is 0. The molecule has 0 aliphatic carbocycles. The molecule has 0 spiro atoms. The van der Waals surface area contributed by atoms with Crippen molar-refractivity contribution in [1.29, 1.82) is 0 Å². The van der Waals surface area contributed by atoms with E-state index in [1.54, 1.807) is 6.33 Å². The fraction of sp³-hybridized carbons (Fsp3) is 0.474. The summed E-state index contributed by atoms with van der Waals surface area (Å²) in [4.78, 5) is 13.5. The maximum atomic E-state index is 9.68. The first kappa shape index (κ1) is 16.1. The second-order valence-electron chi connectivity index (χ2n) is 6.77. The van der Waals surface area contributed by atoms with Crippen LogP contribution in [-0.4, -0.2) is 47.4 Å². The highest BCUT2D eigenvalue weighted by Gasteiger charge is 2.24. The third-order valence-electron chi connectivity index (χ3n) is 5.17. The molecule has 0 amide bonds. The van der Waals surface area contributed by atoms with Crippen LogP contribution in [-0.2, 0) is 6.54 Å². The number of anilines is 3. The summed E-state index contributed by atoms with van der Waals surface area (Å²) >= 11 is 0. The minimum Gasteiger partial charge on any atom is -0.394 e. The number of para-hydroxylation sites is 1. The third-order valence-corrected chi connectivity index (χ3v) is 5.17. The molecule has 2 N–H and O–H groups in total. The van der Waals surface area contributed by atoms with E-state index in [1.807, 2.05) is 0 Å². The van der Waals surface area contributed by atoms with Gasteiger partial charge in [-0.15, -0.1) is 0 Å². The van der Waals surface area contributed by atoms with Crippen molar-refractivity contribution in [3.8, 4) is 0 Å². The fourth-order valence-corrected chi connectivity index (χ4v) is 3.80. The molecule has 2 aromatic rings. The van der Waals surface area contributed by atoms with Gasteiger partial charge in [-0.25, -0.2) is 9.97 Å². The number of hydrogen-bond donors (Lipinski definition) is 2. The van der Waals surface area contributed by atoms with Gasteiger partial charge < -0.3 is 20.2 Å². The Kier molecular flexibility index (Phi) is 4.70. The molecule has 2 aliphatic heterocycles. The zero-order chi connectivity index (χ0) is 17.1. The Morgan fingerprint density at radius 3 is 2.92 bits per heavy atom. The second-order valence-corrected chi connectivity index (χ2v) is 6.77. The van der Waals surface area contributed by atoms with Crippen molar-refractivity contribution in [2.24, 2.45) is 0 Å². The van der Waals surface area contributed by atoms with Gasteiger partial charge in [0, 0.05) is 37.9 Å². The monoisotopic (exact) mass is 339 g/mol. The van der Waals surface area contributed by atoms with E-state index in [0.717, 1.165) is 50.7 Å². The van der Waals surface area contributed by atoms with Crippen molar-refractivity contribution < 1.29 is 5.11 Å². The van der Waals surface area contributed by atoms with Crippen molar-refractivity contribution in [2.75, 3.05) is 41.4 Å². The second kappa shape index (κ2) is 7.27. The molecule has 3 heterocycles. The maximum Gasteiger partial charge on any atom is 0.134 e. The van der Waals surface area contributed by atoms with Crippen molar-refractivity contribution >= 4 is 17.3 Å². The number of nitrogens with zero attached hydrogens (tertiary/aromatic N) is 4. The Morgan fingerprint density at radius 1 is 1.12 bits per heavy atom. The molecule has 4 rings (SSSR count). The van der Waals surface area contributed by atoms with Gasteiger partial charge in [0.15, 0.2) is 0 Å². The summed E-state index contributed by atoms with van der Waals surface area (Å²) in [5.41, 5.74) is 2.49. The highest BCUT2D eigenvalue weighted by Crippen LogP contribution is 2.27. The summed E-state index contributed by atoms with van der Waals surface area (Å²) < 4.78 is 0. The van der Waals surface area contributed by atoms with Crippen LogP contribution in [0.2, 0.25) is 0 Å². The molecule has 1 fully saturated rings. The van der Waals surface area contributed by atoms with Crippen molar-refractivity contribution in [3.63, 3.8) is 0 Å². The normalized spacial score (nSPS) is 20.6. The Balaban J connectivity index is 1.59. The van der Waals surface area contributed by atoms with Crippen molar-refractivity contribution in [2.45, 2.75) is 31.8 Å². The number of fused-ring (bicyclic) bond motifs is 1. The molecular weight excluding hydrogens is 314 g/mol. The number of piperidine rings is 1. The first-order valence-electron chi connectivity index (χ1n) is 9.11. The average molecular weight is 339 g/mol. The lowest BCUT2D eigenvalue weighted by molar-refractivity contribution is 0.239. The van der Waals surface area contributed by atoms with E-state index in [0.29, 0.717) is 0 Å². The summed E-state index contributed by atoms with van der Waals surface area (Å²) in [6, 6.07) is 10.7. The van der Waals surface area contributed by atoms with E-state index in [-0.39, 0.29) is 12.6 Å². The standard InChI is InChI=1S/C19H25N5O/c25-13-16-6-3-4-9-24(16)19-11-18(21-14-22-19)23-10-8-20-17-7-2-1-5-15(17)12-23/h1-2,5,7,11,14,16,20,25H,3-4,6,8-10,12-13H2. The van der Waals surface area contributed by atoms with Crippen LogP contribution in [0.3, 0.4) is 0 Å². The zero-order valence-electron chi connectivity index (χ0n) is 14.4. The predicted molar refractivity (Wildman–Crippen MR) is 100 cm³/mol. The lowest BCUT2D eigenvalue weighted by atomic mass is 10.0. The number of aliphatic hydroxyl groups excluding tert-OH is 1. The van der Waals surface area contributed by atoms with E-state index < -0.39 is 0 Å². The van der Waals surface area contributed by atoms with E-state index in [2.05, 4.69) is 55.4 Å². The molecular formula is C19H25N5O. The van der Waals surface area contributed by atoms with Gasteiger partial charge in [0.25, 0.3) is 0 Å². The van der Waals surface area contributed by atoms with Crippen LogP contribution < -0.4 is 15.1 Å². The van der Waals surface area contributed by atoms with Crippen LogP contribution in [0.4, 0.5) is 17.3 Å². The number of rotatable bonds is 3. The number of nitrogens with one attached hydrogen (secondary N) is 1. The fourth-order valence-electron chi connectivity index (χ4n) is 3.80. The van der Waals surface area contributed by atoms with Crippen molar-refractivity contribution in [1.82, 2.24) is 9.97 Å². The van der Waals surface area contributed by atoms with E-state index >= 15 is 0 Å². The largest absolute Gasteiger partial charge is 0.394 e. The van der Waals surface area contributed by atoms with Gasteiger partial charge in [-0.05, 0) is 30.9 Å². The van der Waals surface area contributed by atoms with Crippen molar-refractivity contribution in [3.05, 3.63) is 42.2 Å². The quantitative estimate of drug-likeness (QED) is 0.894. The highest BCUT2D eigenvalue weighted by atomic mass is 16.3. The van der Waals surface area contributed by atoms with Crippen LogP contribution in [0.1, 0.15) is 24.8 Å². The van der Waals surface area contributed by atoms with Gasteiger partial charge in [-0.2, -0.15) is 0 Å². The summed E-state index contributed by atoms with van der Waals surface area (Å²) in [5.74, 6) is 1.88. The number of aromatic nitrogens is 2. The van der Waals surface area contributed by atoms with Gasteiger partial charge in [0.1, 0.15) is 18.0 Å². The first-order valence-corrected chi connectivity index (χ1v) is 9.11. The molecule has 25 heavy (non-hydrogen) atoms. The predicted octanol–water partition coefficient (Wildman–Crippen LogP) is 2.26. The molecule has 1 unspecified atom stereocenters. The van der Waals surface area contributed by atoms with Gasteiger partial charge >= 0.3 is 0 Å². The zero-order valence-corrected chi connectivity index (χ0v) is 14.4. The van der Waals surface area contributed by atoms with Crippen LogP contribution >= 0.6 is 0 Å². The smallest absolute Gasteiger partial charge is 0.134 e. The topological polar surface area (TPSA) is 64.5 Å². The molecule has 0 radical (unpaired) electrons. The van der Waals surface area contributed by atoms with Crippen LogP contribution in [0.15, 0.2) is 36.7 Å². The highest BCUT2D eigenvalue weighted by molar-refractivity contribution is 5.57. The molecule has 0 saturated carbocycles.